The van der Waals surface area contributed by atoms with Crippen molar-refractivity contribution in [1.29, 1.82) is 0 Å². The molecule has 1 aliphatic rings. The number of ether oxygens (including phenoxy) is 1. The van der Waals surface area contributed by atoms with Gasteiger partial charge in [-0.25, -0.2) is 4.98 Å². The van der Waals surface area contributed by atoms with E-state index in [1.165, 1.54) is 4.70 Å². The van der Waals surface area contributed by atoms with Gasteiger partial charge >= 0.3 is 0 Å². The number of hydrogen-bond acceptors (Lipinski definition) is 6. The van der Waals surface area contributed by atoms with Crippen LogP contribution in [0.3, 0.4) is 0 Å². The maximum absolute atomic E-state index is 10.1. The molecule has 1 aromatic heterocycles. The fraction of sp³-hybridized carbons (Fsp3) is 0.562. The third-order valence-electron chi connectivity index (χ3n) is 3.83. The zero-order valence-electron chi connectivity index (χ0n) is 12.9. The predicted molar refractivity (Wildman–Crippen MR) is 89.8 cm³/mol. The molecule has 22 heavy (non-hydrogen) atoms. The van der Waals surface area contributed by atoms with E-state index < -0.39 is 6.10 Å². The predicted octanol–water partition coefficient (Wildman–Crippen LogP) is 1.50. The van der Waals surface area contributed by atoms with Crippen LogP contribution in [0.1, 0.15) is 11.9 Å². The van der Waals surface area contributed by atoms with E-state index in [1.807, 2.05) is 18.2 Å². The normalized spacial score (nSPS) is 17.7. The first kappa shape index (κ1) is 15.7. The van der Waals surface area contributed by atoms with Crippen LogP contribution in [0.25, 0.3) is 10.2 Å². The second-order valence-corrected chi connectivity index (χ2v) is 6.72. The molecule has 0 aliphatic carbocycles. The number of piperazine rings is 1. The molecule has 0 spiro atoms. The average Bonchev–Trinajstić information content (AvgIpc) is 2.96. The SMILES string of the molecule is CCc1nc2cc(OCC(O)CN3CCNCC3)ccc2s1. The maximum atomic E-state index is 10.1. The number of aliphatic hydroxyl groups is 1. The van der Waals surface area contributed by atoms with E-state index in [1.54, 1.807) is 11.3 Å². The molecule has 0 amide bonds. The summed E-state index contributed by atoms with van der Waals surface area (Å²) in [6, 6.07) is 5.96. The third-order valence-corrected chi connectivity index (χ3v) is 5.01. The van der Waals surface area contributed by atoms with Crippen LogP contribution in [-0.4, -0.2) is 60.4 Å². The molecular formula is C16H23N3O2S. The lowest BCUT2D eigenvalue weighted by atomic mass is 10.3. The molecular weight excluding hydrogens is 298 g/mol. The zero-order chi connectivity index (χ0) is 15.4. The van der Waals surface area contributed by atoms with E-state index in [2.05, 4.69) is 22.1 Å². The Kier molecular flexibility index (Phi) is 5.25. The van der Waals surface area contributed by atoms with Crippen LogP contribution in [0, 0.1) is 0 Å². The number of hydrogen-bond donors (Lipinski definition) is 2. The number of nitrogens with zero attached hydrogens (tertiary/aromatic N) is 2. The maximum Gasteiger partial charge on any atom is 0.121 e. The number of aliphatic hydroxyl groups excluding tert-OH is 1. The molecule has 1 atom stereocenters. The number of aromatic nitrogens is 1. The summed E-state index contributed by atoms with van der Waals surface area (Å²) in [7, 11) is 0. The smallest absolute Gasteiger partial charge is 0.121 e. The number of benzene rings is 1. The molecule has 5 nitrogen and oxygen atoms in total. The van der Waals surface area contributed by atoms with Crippen molar-refractivity contribution in [2.45, 2.75) is 19.4 Å². The van der Waals surface area contributed by atoms with Gasteiger partial charge in [-0.2, -0.15) is 0 Å². The minimum atomic E-state index is -0.463. The van der Waals surface area contributed by atoms with Gasteiger partial charge in [-0.3, -0.25) is 4.90 Å². The van der Waals surface area contributed by atoms with Crippen LogP contribution in [0.2, 0.25) is 0 Å². The van der Waals surface area contributed by atoms with Gasteiger partial charge in [-0.15, -0.1) is 11.3 Å². The molecule has 120 valence electrons. The van der Waals surface area contributed by atoms with Crippen LogP contribution >= 0.6 is 11.3 Å². The molecule has 1 unspecified atom stereocenters. The van der Waals surface area contributed by atoms with E-state index >= 15 is 0 Å². The fourth-order valence-electron chi connectivity index (χ4n) is 2.63. The van der Waals surface area contributed by atoms with E-state index in [9.17, 15) is 5.11 Å². The Labute approximate surface area is 134 Å². The molecule has 2 aromatic rings. The van der Waals surface area contributed by atoms with Crippen molar-refractivity contribution in [1.82, 2.24) is 15.2 Å². The summed E-state index contributed by atoms with van der Waals surface area (Å²) >= 11 is 1.73. The molecule has 0 saturated carbocycles. The van der Waals surface area contributed by atoms with E-state index in [0.29, 0.717) is 13.2 Å². The zero-order valence-corrected chi connectivity index (χ0v) is 13.7. The molecule has 2 heterocycles. The van der Waals surface area contributed by atoms with Crippen LogP contribution in [0.15, 0.2) is 18.2 Å². The van der Waals surface area contributed by atoms with Crippen molar-refractivity contribution in [2.75, 3.05) is 39.3 Å². The first-order valence-electron chi connectivity index (χ1n) is 7.88. The minimum Gasteiger partial charge on any atom is -0.491 e. The lowest BCUT2D eigenvalue weighted by Gasteiger charge is -2.28. The summed E-state index contributed by atoms with van der Waals surface area (Å²) in [5.41, 5.74) is 0.982. The lowest BCUT2D eigenvalue weighted by molar-refractivity contribution is 0.0642. The average molecular weight is 321 g/mol. The van der Waals surface area contributed by atoms with Gasteiger partial charge in [0.15, 0.2) is 0 Å². The Morgan fingerprint density at radius 3 is 3.00 bits per heavy atom. The first-order valence-corrected chi connectivity index (χ1v) is 8.69. The standard InChI is InChI=1S/C16H23N3O2S/c1-2-16-18-14-9-13(3-4-15(14)22-16)21-11-12(20)10-19-7-5-17-6-8-19/h3-4,9,12,17,20H,2,5-8,10-11H2,1H3. The summed E-state index contributed by atoms with van der Waals surface area (Å²) in [6.45, 7) is 7.06. The molecule has 1 aliphatic heterocycles. The lowest BCUT2D eigenvalue weighted by Crippen LogP contribution is -2.47. The van der Waals surface area contributed by atoms with Gasteiger partial charge in [-0.05, 0) is 18.6 Å². The van der Waals surface area contributed by atoms with E-state index in [-0.39, 0.29) is 0 Å². The van der Waals surface area contributed by atoms with Gasteiger partial charge in [0.25, 0.3) is 0 Å². The highest BCUT2D eigenvalue weighted by Crippen LogP contribution is 2.26. The Hall–Kier alpha value is -1.21. The highest BCUT2D eigenvalue weighted by Gasteiger charge is 2.15. The third kappa shape index (κ3) is 3.95. The van der Waals surface area contributed by atoms with Gasteiger partial charge in [0, 0.05) is 38.8 Å². The second kappa shape index (κ2) is 7.37. The van der Waals surface area contributed by atoms with Crippen molar-refractivity contribution in [3.8, 4) is 5.75 Å². The summed E-state index contributed by atoms with van der Waals surface area (Å²) < 4.78 is 6.92. The second-order valence-electron chi connectivity index (χ2n) is 5.61. The first-order chi connectivity index (χ1) is 10.7. The summed E-state index contributed by atoms with van der Waals surface area (Å²) in [6.07, 6.45) is 0.495. The number of thiazole rings is 1. The molecule has 0 bridgehead atoms. The number of β-amino-alcohol motifs (C(OH)–C–C–N with tert-alkyl or cyclic N) is 1. The number of aryl methyl sites for hydroxylation is 1. The van der Waals surface area contributed by atoms with E-state index in [4.69, 9.17) is 4.74 Å². The number of fused-ring (bicyclic) bond motifs is 1. The Morgan fingerprint density at radius 1 is 1.41 bits per heavy atom. The summed E-state index contributed by atoms with van der Waals surface area (Å²) in [5, 5.41) is 14.6. The van der Waals surface area contributed by atoms with Gasteiger partial charge in [0.05, 0.1) is 15.2 Å². The minimum absolute atomic E-state index is 0.320. The van der Waals surface area contributed by atoms with Gasteiger partial charge in [0.2, 0.25) is 0 Å². The van der Waals surface area contributed by atoms with Gasteiger partial charge < -0.3 is 15.2 Å². The van der Waals surface area contributed by atoms with Gasteiger partial charge in [0.1, 0.15) is 18.5 Å². The topological polar surface area (TPSA) is 57.6 Å². The van der Waals surface area contributed by atoms with E-state index in [0.717, 1.165) is 48.9 Å². The van der Waals surface area contributed by atoms with Crippen molar-refractivity contribution in [3.63, 3.8) is 0 Å². The van der Waals surface area contributed by atoms with Crippen molar-refractivity contribution in [2.24, 2.45) is 0 Å². The quantitative estimate of drug-likeness (QED) is 0.844. The van der Waals surface area contributed by atoms with Crippen molar-refractivity contribution < 1.29 is 9.84 Å². The summed E-state index contributed by atoms with van der Waals surface area (Å²) in [4.78, 5) is 6.84. The molecule has 1 aromatic carbocycles. The van der Waals surface area contributed by atoms with Crippen molar-refractivity contribution in [3.05, 3.63) is 23.2 Å². The number of nitrogens with one attached hydrogen (secondary N) is 1. The Bertz CT molecular complexity index is 610. The van der Waals surface area contributed by atoms with Crippen LogP contribution < -0.4 is 10.1 Å². The molecule has 1 saturated heterocycles. The Balaban J connectivity index is 1.53. The fourth-order valence-corrected chi connectivity index (χ4v) is 3.52. The highest BCUT2D eigenvalue weighted by atomic mass is 32.1. The Morgan fingerprint density at radius 2 is 2.23 bits per heavy atom. The van der Waals surface area contributed by atoms with Crippen LogP contribution in [0.4, 0.5) is 0 Å². The molecule has 2 N–H and O–H groups in total. The van der Waals surface area contributed by atoms with Crippen LogP contribution in [0.5, 0.6) is 5.75 Å². The molecule has 0 radical (unpaired) electrons. The van der Waals surface area contributed by atoms with Gasteiger partial charge in [-0.1, -0.05) is 6.92 Å². The molecule has 3 rings (SSSR count). The van der Waals surface area contributed by atoms with Crippen molar-refractivity contribution >= 4 is 21.6 Å². The highest BCUT2D eigenvalue weighted by molar-refractivity contribution is 7.18. The van der Waals surface area contributed by atoms with Crippen LogP contribution in [-0.2, 0) is 6.42 Å². The number of rotatable bonds is 6. The largest absolute Gasteiger partial charge is 0.491 e. The molecule has 6 heteroatoms. The summed E-state index contributed by atoms with van der Waals surface area (Å²) in [5.74, 6) is 0.778. The monoisotopic (exact) mass is 321 g/mol. The molecule has 1 fully saturated rings.